The second-order valence-electron chi connectivity index (χ2n) is 6.80. The third-order valence-electron chi connectivity index (χ3n) is 4.91. The van der Waals surface area contributed by atoms with Gasteiger partial charge in [-0.2, -0.15) is 0 Å². The molecule has 2 fully saturated rings. The normalized spacial score (nSPS) is 35.0. The van der Waals surface area contributed by atoms with Crippen LogP contribution in [0.1, 0.15) is 44.5 Å². The summed E-state index contributed by atoms with van der Waals surface area (Å²) in [4.78, 5) is 2.32. The minimum atomic E-state index is -0.520. The number of nitrogens with zero attached hydrogens (tertiary/aromatic N) is 4. The first-order chi connectivity index (χ1) is 10.1. The van der Waals surface area contributed by atoms with Crippen molar-refractivity contribution in [1.82, 2.24) is 19.7 Å². The van der Waals surface area contributed by atoms with E-state index in [1.165, 1.54) is 0 Å². The molecule has 0 bridgehead atoms. The summed E-state index contributed by atoms with van der Waals surface area (Å²) in [7, 11) is 1.94. The third kappa shape index (κ3) is 3.44. The fourth-order valence-corrected chi connectivity index (χ4v) is 3.46. The van der Waals surface area contributed by atoms with E-state index in [9.17, 15) is 5.11 Å². The van der Waals surface area contributed by atoms with Crippen LogP contribution in [0.15, 0.2) is 6.33 Å². The van der Waals surface area contributed by atoms with Gasteiger partial charge in [-0.3, -0.25) is 4.90 Å². The molecule has 2 heterocycles. The molecule has 1 aliphatic carbocycles. The summed E-state index contributed by atoms with van der Waals surface area (Å²) < 4.78 is 7.73. The highest BCUT2D eigenvalue weighted by Crippen LogP contribution is 2.33. The summed E-state index contributed by atoms with van der Waals surface area (Å²) in [5, 5.41) is 18.9. The van der Waals surface area contributed by atoms with Crippen molar-refractivity contribution < 1.29 is 9.84 Å². The number of rotatable bonds is 3. The van der Waals surface area contributed by atoms with Gasteiger partial charge in [-0.25, -0.2) is 0 Å². The number of β-amino-alcohol motifs (C(OH)–C–C–N with tert-alkyl or cyclic N) is 1. The maximum Gasteiger partial charge on any atom is 0.163 e. The Morgan fingerprint density at radius 1 is 1.43 bits per heavy atom. The van der Waals surface area contributed by atoms with Crippen LogP contribution in [0.5, 0.6) is 0 Å². The van der Waals surface area contributed by atoms with Crippen molar-refractivity contribution in [2.75, 3.05) is 26.2 Å². The van der Waals surface area contributed by atoms with E-state index in [0.717, 1.165) is 57.1 Å². The maximum absolute atomic E-state index is 10.8. The molecular weight excluding hydrogens is 268 g/mol. The lowest BCUT2D eigenvalue weighted by Crippen LogP contribution is -2.49. The highest BCUT2D eigenvalue weighted by atomic mass is 16.5. The monoisotopic (exact) mass is 294 g/mol. The predicted molar refractivity (Wildman–Crippen MR) is 78.7 cm³/mol. The Morgan fingerprint density at radius 3 is 2.86 bits per heavy atom. The van der Waals surface area contributed by atoms with Crippen LogP contribution in [0.3, 0.4) is 0 Å². The fourth-order valence-electron chi connectivity index (χ4n) is 3.46. The molecule has 1 unspecified atom stereocenters. The minimum Gasteiger partial charge on any atom is -0.389 e. The van der Waals surface area contributed by atoms with E-state index in [1.807, 2.05) is 11.6 Å². The highest BCUT2D eigenvalue weighted by Gasteiger charge is 2.35. The van der Waals surface area contributed by atoms with Gasteiger partial charge >= 0.3 is 0 Å². The molecule has 0 spiro atoms. The molecule has 0 radical (unpaired) electrons. The molecule has 1 aromatic rings. The molecular formula is C15H26N4O2. The summed E-state index contributed by atoms with van der Waals surface area (Å²) in [6.45, 7) is 5.37. The Balaban J connectivity index is 1.60. The van der Waals surface area contributed by atoms with Gasteiger partial charge in [0.2, 0.25) is 0 Å². The van der Waals surface area contributed by atoms with Crippen LogP contribution >= 0.6 is 0 Å². The van der Waals surface area contributed by atoms with Crippen LogP contribution in [0.2, 0.25) is 0 Å². The first-order valence-electron chi connectivity index (χ1n) is 7.96. The van der Waals surface area contributed by atoms with Gasteiger partial charge in [-0.1, -0.05) is 6.92 Å². The first-order valence-corrected chi connectivity index (χ1v) is 7.96. The quantitative estimate of drug-likeness (QED) is 0.905. The van der Waals surface area contributed by atoms with E-state index < -0.39 is 5.60 Å². The van der Waals surface area contributed by atoms with Gasteiger partial charge in [-0.05, 0) is 31.6 Å². The van der Waals surface area contributed by atoms with Crippen molar-refractivity contribution in [3.05, 3.63) is 12.2 Å². The number of aryl methyl sites for hydroxylation is 1. The van der Waals surface area contributed by atoms with Gasteiger partial charge in [0.05, 0.1) is 12.2 Å². The van der Waals surface area contributed by atoms with Crippen molar-refractivity contribution in [3.8, 4) is 0 Å². The summed E-state index contributed by atoms with van der Waals surface area (Å²) in [6.07, 6.45) is 5.76. The number of ether oxygens (including phenoxy) is 1. The van der Waals surface area contributed by atoms with Crippen molar-refractivity contribution in [2.24, 2.45) is 13.0 Å². The first kappa shape index (κ1) is 14.9. The van der Waals surface area contributed by atoms with Crippen molar-refractivity contribution in [2.45, 2.75) is 44.3 Å². The van der Waals surface area contributed by atoms with E-state index >= 15 is 0 Å². The number of aliphatic hydroxyl groups is 1. The molecule has 1 atom stereocenters. The Labute approximate surface area is 126 Å². The topological polar surface area (TPSA) is 63.4 Å². The van der Waals surface area contributed by atoms with Gasteiger partial charge in [0.25, 0.3) is 0 Å². The van der Waals surface area contributed by atoms with E-state index in [4.69, 9.17) is 4.74 Å². The lowest BCUT2D eigenvalue weighted by molar-refractivity contribution is -0.0828. The van der Waals surface area contributed by atoms with E-state index in [-0.39, 0.29) is 6.10 Å². The van der Waals surface area contributed by atoms with E-state index in [2.05, 4.69) is 22.0 Å². The molecule has 2 aliphatic rings. The summed E-state index contributed by atoms with van der Waals surface area (Å²) in [5.74, 6) is 1.62. The lowest BCUT2D eigenvalue weighted by Gasteiger charge is -2.41. The molecule has 3 rings (SSSR count). The molecule has 0 aromatic carbocycles. The second-order valence-corrected chi connectivity index (χ2v) is 6.80. The minimum absolute atomic E-state index is 0.0441. The summed E-state index contributed by atoms with van der Waals surface area (Å²) in [6, 6.07) is 0. The van der Waals surface area contributed by atoms with Crippen LogP contribution in [0, 0.1) is 5.92 Å². The molecule has 0 amide bonds. The molecule has 6 nitrogen and oxygen atoms in total. The van der Waals surface area contributed by atoms with Crippen molar-refractivity contribution >= 4 is 0 Å². The number of morpholine rings is 1. The predicted octanol–water partition coefficient (Wildman–Crippen LogP) is 1.13. The van der Waals surface area contributed by atoms with Crippen LogP contribution in [0.25, 0.3) is 0 Å². The molecule has 1 aromatic heterocycles. The standard InChI is InChI=1S/C15H26N4O2/c1-12-3-5-15(20,6-4-12)10-19-7-8-21-13(9-19)14-17-16-11-18(14)2/h11-13,20H,3-10H2,1-2H3. The number of hydrogen-bond acceptors (Lipinski definition) is 5. The summed E-state index contributed by atoms with van der Waals surface area (Å²) >= 11 is 0. The van der Waals surface area contributed by atoms with Crippen LogP contribution < -0.4 is 0 Å². The smallest absolute Gasteiger partial charge is 0.163 e. The Hall–Kier alpha value is -0.980. The van der Waals surface area contributed by atoms with Crippen molar-refractivity contribution in [1.29, 1.82) is 0 Å². The molecule has 1 saturated carbocycles. The molecule has 118 valence electrons. The van der Waals surface area contributed by atoms with Gasteiger partial charge < -0.3 is 14.4 Å². The van der Waals surface area contributed by atoms with Gasteiger partial charge in [0, 0.05) is 26.7 Å². The van der Waals surface area contributed by atoms with Crippen molar-refractivity contribution in [3.63, 3.8) is 0 Å². The lowest BCUT2D eigenvalue weighted by atomic mass is 9.79. The van der Waals surface area contributed by atoms with Gasteiger partial charge in [-0.15, -0.1) is 10.2 Å². The molecule has 1 saturated heterocycles. The number of aromatic nitrogens is 3. The Morgan fingerprint density at radius 2 is 2.19 bits per heavy atom. The van der Waals surface area contributed by atoms with E-state index in [1.54, 1.807) is 6.33 Å². The fraction of sp³-hybridized carbons (Fsp3) is 0.867. The zero-order chi connectivity index (χ0) is 14.9. The van der Waals surface area contributed by atoms with E-state index in [0.29, 0.717) is 6.61 Å². The second kappa shape index (κ2) is 6.02. The number of hydrogen-bond donors (Lipinski definition) is 1. The summed E-state index contributed by atoms with van der Waals surface area (Å²) in [5.41, 5.74) is -0.520. The van der Waals surface area contributed by atoms with Crippen LogP contribution in [0.4, 0.5) is 0 Å². The molecule has 21 heavy (non-hydrogen) atoms. The van der Waals surface area contributed by atoms with Gasteiger partial charge in [0.1, 0.15) is 12.4 Å². The largest absolute Gasteiger partial charge is 0.389 e. The van der Waals surface area contributed by atoms with Gasteiger partial charge in [0.15, 0.2) is 5.82 Å². The third-order valence-corrected chi connectivity index (χ3v) is 4.91. The van der Waals surface area contributed by atoms with Crippen LogP contribution in [-0.4, -0.2) is 56.6 Å². The molecule has 1 aliphatic heterocycles. The molecule has 6 heteroatoms. The van der Waals surface area contributed by atoms with Crippen LogP contribution in [-0.2, 0) is 11.8 Å². The Bertz CT molecular complexity index is 468. The average molecular weight is 294 g/mol. The average Bonchev–Trinajstić information content (AvgIpc) is 2.89. The molecule has 1 N–H and O–H groups in total. The zero-order valence-electron chi connectivity index (χ0n) is 13.0. The zero-order valence-corrected chi connectivity index (χ0v) is 13.0. The SMILES string of the molecule is CC1CCC(O)(CN2CCOC(c3nncn3C)C2)CC1. The highest BCUT2D eigenvalue weighted by molar-refractivity contribution is 4.95. The Kier molecular flexibility index (Phi) is 4.28. The maximum atomic E-state index is 10.8.